The zero-order valence-corrected chi connectivity index (χ0v) is 12.1. The van der Waals surface area contributed by atoms with Crippen LogP contribution in [0.2, 0.25) is 0 Å². The van der Waals surface area contributed by atoms with Crippen LogP contribution >= 0.6 is 15.9 Å². The molecule has 104 valence electrons. The summed E-state index contributed by atoms with van der Waals surface area (Å²) in [6, 6.07) is 4.25. The summed E-state index contributed by atoms with van der Waals surface area (Å²) in [5.74, 6) is 4.99. The van der Waals surface area contributed by atoms with Gasteiger partial charge in [0.05, 0.1) is 16.4 Å². The van der Waals surface area contributed by atoms with E-state index in [1.807, 2.05) is 5.43 Å². The maximum atomic E-state index is 11.5. The molecule has 0 aliphatic rings. The van der Waals surface area contributed by atoms with Crippen molar-refractivity contribution >= 4 is 27.5 Å². The van der Waals surface area contributed by atoms with Gasteiger partial charge in [-0.05, 0) is 19.9 Å². The average Bonchev–Trinajstić information content (AvgIpc) is 2.34. The number of hydrogen-bond donors (Lipinski definition) is 2. The molecule has 0 radical (unpaired) electrons. The first-order valence-electron chi connectivity index (χ1n) is 5.35. The van der Waals surface area contributed by atoms with Gasteiger partial charge in [-0.1, -0.05) is 15.9 Å². The molecule has 0 saturated carbocycles. The van der Waals surface area contributed by atoms with Crippen LogP contribution < -0.4 is 16.0 Å². The fourth-order valence-electron chi connectivity index (χ4n) is 1.26. The second-order valence-corrected chi connectivity index (χ2v) is 5.46. The molecule has 1 aromatic rings. The van der Waals surface area contributed by atoms with Gasteiger partial charge >= 0.3 is 0 Å². The SMILES string of the molecule is CC(C)(COc1cc(Br)cc([N+](=O)[O-])c1)C(=O)NN. The first-order valence-corrected chi connectivity index (χ1v) is 6.14. The highest BCUT2D eigenvalue weighted by molar-refractivity contribution is 9.10. The summed E-state index contributed by atoms with van der Waals surface area (Å²) in [6.45, 7) is 3.35. The van der Waals surface area contributed by atoms with Gasteiger partial charge in [-0.15, -0.1) is 0 Å². The number of nitro benzene ring substituents is 1. The molecule has 19 heavy (non-hydrogen) atoms. The Labute approximate surface area is 118 Å². The molecule has 8 heteroatoms. The number of benzene rings is 1. The quantitative estimate of drug-likeness (QED) is 0.370. The molecule has 0 aliphatic heterocycles. The van der Waals surface area contributed by atoms with Crippen molar-refractivity contribution in [2.75, 3.05) is 6.61 Å². The summed E-state index contributed by atoms with van der Waals surface area (Å²) >= 11 is 3.16. The first kappa shape index (κ1) is 15.4. The molecule has 7 nitrogen and oxygen atoms in total. The number of nitrogens with zero attached hydrogens (tertiary/aromatic N) is 1. The third kappa shape index (κ3) is 4.18. The van der Waals surface area contributed by atoms with Crippen LogP contribution in [0, 0.1) is 15.5 Å². The Morgan fingerprint density at radius 3 is 2.68 bits per heavy atom. The molecule has 0 atom stereocenters. The van der Waals surface area contributed by atoms with Crippen LogP contribution in [0.3, 0.4) is 0 Å². The number of rotatable bonds is 5. The molecule has 0 bridgehead atoms. The van der Waals surface area contributed by atoms with Crippen molar-refractivity contribution in [3.63, 3.8) is 0 Å². The minimum Gasteiger partial charge on any atom is -0.492 e. The Morgan fingerprint density at radius 1 is 1.53 bits per heavy atom. The molecule has 0 heterocycles. The van der Waals surface area contributed by atoms with E-state index in [1.165, 1.54) is 12.1 Å². The largest absolute Gasteiger partial charge is 0.492 e. The van der Waals surface area contributed by atoms with Crippen molar-refractivity contribution in [3.8, 4) is 5.75 Å². The predicted molar refractivity (Wildman–Crippen MR) is 72.4 cm³/mol. The summed E-state index contributed by atoms with van der Waals surface area (Å²) in [4.78, 5) is 21.7. The molecule has 0 aliphatic carbocycles. The minimum absolute atomic E-state index is 0.0453. The Hall–Kier alpha value is -1.67. The fourth-order valence-corrected chi connectivity index (χ4v) is 1.72. The number of ether oxygens (including phenoxy) is 1. The lowest BCUT2D eigenvalue weighted by Crippen LogP contribution is -2.44. The Bertz CT molecular complexity index is 505. The fraction of sp³-hybridized carbons (Fsp3) is 0.364. The van der Waals surface area contributed by atoms with E-state index >= 15 is 0 Å². The predicted octanol–water partition coefficient (Wildman–Crippen LogP) is 1.75. The first-order chi connectivity index (χ1) is 8.76. The van der Waals surface area contributed by atoms with Gasteiger partial charge in [0.15, 0.2) is 0 Å². The lowest BCUT2D eigenvalue weighted by Gasteiger charge is -2.22. The standard InChI is InChI=1S/C11H14BrN3O4/c1-11(2,10(16)14-13)6-19-9-4-7(12)3-8(5-9)15(17)18/h3-5H,6,13H2,1-2H3,(H,14,16). The maximum Gasteiger partial charge on any atom is 0.274 e. The van der Waals surface area contributed by atoms with Crippen LogP contribution in [0.15, 0.2) is 22.7 Å². The van der Waals surface area contributed by atoms with Crippen LogP contribution in [0.25, 0.3) is 0 Å². The lowest BCUT2D eigenvalue weighted by atomic mass is 9.94. The number of carbonyl (C=O) groups is 1. The molecule has 0 aromatic heterocycles. The van der Waals surface area contributed by atoms with Gasteiger partial charge in [0.2, 0.25) is 5.91 Å². The number of hydrogen-bond acceptors (Lipinski definition) is 5. The number of hydrazine groups is 1. The summed E-state index contributed by atoms with van der Waals surface area (Å²) in [5, 5.41) is 10.7. The smallest absolute Gasteiger partial charge is 0.274 e. The molecule has 0 spiro atoms. The second kappa shape index (κ2) is 5.98. The van der Waals surface area contributed by atoms with Gasteiger partial charge < -0.3 is 4.74 Å². The average molecular weight is 332 g/mol. The summed E-state index contributed by atoms with van der Waals surface area (Å²) in [7, 11) is 0. The number of carbonyl (C=O) groups excluding carboxylic acids is 1. The van der Waals surface area contributed by atoms with E-state index in [1.54, 1.807) is 19.9 Å². The summed E-state index contributed by atoms with van der Waals surface area (Å²) < 4.78 is 5.94. The van der Waals surface area contributed by atoms with E-state index in [0.29, 0.717) is 10.2 Å². The molecule has 0 fully saturated rings. The molecular weight excluding hydrogens is 318 g/mol. The van der Waals surface area contributed by atoms with E-state index in [9.17, 15) is 14.9 Å². The van der Waals surface area contributed by atoms with E-state index in [2.05, 4.69) is 15.9 Å². The van der Waals surface area contributed by atoms with Gasteiger partial charge in [0, 0.05) is 10.5 Å². The molecule has 0 unspecified atom stereocenters. The van der Waals surface area contributed by atoms with Gasteiger partial charge in [-0.25, -0.2) is 5.84 Å². The molecule has 3 N–H and O–H groups in total. The highest BCUT2D eigenvalue weighted by atomic mass is 79.9. The van der Waals surface area contributed by atoms with Crippen LogP contribution in [-0.2, 0) is 4.79 Å². The molecule has 1 aromatic carbocycles. The monoisotopic (exact) mass is 331 g/mol. The third-order valence-corrected chi connectivity index (χ3v) is 2.87. The Morgan fingerprint density at radius 2 is 2.16 bits per heavy atom. The number of amides is 1. The molecule has 0 saturated heterocycles. The van der Waals surface area contributed by atoms with Crippen molar-refractivity contribution in [2.24, 2.45) is 11.3 Å². The summed E-state index contributed by atoms with van der Waals surface area (Å²) in [6.07, 6.45) is 0. The minimum atomic E-state index is -0.841. The normalized spacial score (nSPS) is 10.9. The van der Waals surface area contributed by atoms with Crippen LogP contribution in [0.5, 0.6) is 5.75 Å². The van der Waals surface area contributed by atoms with Crippen LogP contribution in [0.4, 0.5) is 5.69 Å². The van der Waals surface area contributed by atoms with Crippen LogP contribution in [-0.4, -0.2) is 17.4 Å². The highest BCUT2D eigenvalue weighted by Gasteiger charge is 2.28. The molecule has 1 rings (SSSR count). The number of nitrogens with one attached hydrogen (secondary N) is 1. The Kier molecular flexibility index (Phi) is 4.84. The topological polar surface area (TPSA) is 107 Å². The van der Waals surface area contributed by atoms with Gasteiger partial charge in [-0.2, -0.15) is 0 Å². The third-order valence-electron chi connectivity index (χ3n) is 2.41. The number of non-ortho nitro benzene ring substituents is 1. The van der Waals surface area contributed by atoms with E-state index in [-0.39, 0.29) is 18.2 Å². The maximum absolute atomic E-state index is 11.5. The van der Waals surface area contributed by atoms with Gasteiger partial charge in [0.25, 0.3) is 5.69 Å². The number of nitro groups is 1. The Balaban J connectivity index is 2.83. The molecular formula is C11H14BrN3O4. The number of halogens is 1. The van der Waals surface area contributed by atoms with Crippen LogP contribution in [0.1, 0.15) is 13.8 Å². The van der Waals surface area contributed by atoms with E-state index in [0.717, 1.165) is 0 Å². The zero-order valence-electron chi connectivity index (χ0n) is 10.5. The van der Waals surface area contributed by atoms with Crippen molar-refractivity contribution in [2.45, 2.75) is 13.8 Å². The lowest BCUT2D eigenvalue weighted by molar-refractivity contribution is -0.385. The second-order valence-electron chi connectivity index (χ2n) is 4.55. The zero-order chi connectivity index (χ0) is 14.6. The van der Waals surface area contributed by atoms with Crippen molar-refractivity contribution in [1.82, 2.24) is 5.43 Å². The molecule has 1 amide bonds. The van der Waals surface area contributed by atoms with E-state index in [4.69, 9.17) is 10.6 Å². The highest BCUT2D eigenvalue weighted by Crippen LogP contribution is 2.27. The van der Waals surface area contributed by atoms with Gasteiger partial charge in [-0.3, -0.25) is 20.3 Å². The summed E-state index contributed by atoms with van der Waals surface area (Å²) in [5.41, 5.74) is 1.11. The van der Waals surface area contributed by atoms with Crippen molar-refractivity contribution < 1.29 is 14.5 Å². The van der Waals surface area contributed by atoms with Gasteiger partial charge in [0.1, 0.15) is 12.4 Å². The van der Waals surface area contributed by atoms with Crippen molar-refractivity contribution in [1.29, 1.82) is 0 Å². The number of nitrogens with two attached hydrogens (primary N) is 1. The van der Waals surface area contributed by atoms with Crippen molar-refractivity contribution in [3.05, 3.63) is 32.8 Å². The van der Waals surface area contributed by atoms with E-state index < -0.39 is 10.3 Å².